The minimum absolute atomic E-state index is 0.0600. The van der Waals surface area contributed by atoms with Gasteiger partial charge in [0.15, 0.2) is 0 Å². The van der Waals surface area contributed by atoms with Crippen LogP contribution in [0.25, 0.3) is 0 Å². The first-order chi connectivity index (χ1) is 14.0. The number of aryl methyl sites for hydroxylation is 1. The molecule has 3 aliphatic rings. The molecule has 1 aromatic carbocycles. The summed E-state index contributed by atoms with van der Waals surface area (Å²) in [5.41, 5.74) is 2.16. The van der Waals surface area contributed by atoms with Gasteiger partial charge >= 0.3 is 0 Å². The molecule has 3 saturated heterocycles. The monoisotopic (exact) mass is 399 g/mol. The summed E-state index contributed by atoms with van der Waals surface area (Å²) in [6.07, 6.45) is 3.64. The quantitative estimate of drug-likeness (QED) is 0.780. The van der Waals surface area contributed by atoms with E-state index in [0.717, 1.165) is 57.7 Å². The van der Waals surface area contributed by atoms with Gasteiger partial charge in [0.25, 0.3) is 0 Å². The number of amides is 2. The van der Waals surface area contributed by atoms with Crippen LogP contribution in [0.5, 0.6) is 0 Å². The van der Waals surface area contributed by atoms with Crippen molar-refractivity contribution in [3.05, 3.63) is 29.8 Å². The van der Waals surface area contributed by atoms with Crippen molar-refractivity contribution in [3.63, 3.8) is 0 Å². The average Bonchev–Trinajstić information content (AvgIpc) is 3.15. The van der Waals surface area contributed by atoms with E-state index in [-0.39, 0.29) is 17.7 Å². The number of anilines is 1. The summed E-state index contributed by atoms with van der Waals surface area (Å²) in [6.45, 7) is 9.13. The molecule has 0 N–H and O–H groups in total. The first-order valence-electron chi connectivity index (χ1n) is 11.1. The fourth-order valence-electron chi connectivity index (χ4n) is 4.92. The summed E-state index contributed by atoms with van der Waals surface area (Å²) in [5, 5.41) is 0. The average molecular weight is 400 g/mol. The summed E-state index contributed by atoms with van der Waals surface area (Å²) >= 11 is 0. The van der Waals surface area contributed by atoms with Crippen LogP contribution in [0.1, 0.15) is 38.7 Å². The van der Waals surface area contributed by atoms with E-state index in [1.54, 1.807) is 4.90 Å². The fraction of sp³-hybridized carbons (Fsp3) is 0.652. The standard InChI is InChI=1S/C23H33N3O3/c1-3-18-4-6-21(7-5-18)26-16-19(14-22(26)27)23(28)24-10-8-20(9-11-24)25-12-13-29-17(2)15-25/h4-7,17,19-20H,3,8-16H2,1-2H3. The van der Waals surface area contributed by atoms with Crippen LogP contribution in [-0.4, -0.2) is 73.1 Å². The van der Waals surface area contributed by atoms with Crippen LogP contribution in [-0.2, 0) is 20.7 Å². The highest BCUT2D eigenvalue weighted by molar-refractivity contribution is 6.00. The first-order valence-corrected chi connectivity index (χ1v) is 11.1. The zero-order valence-electron chi connectivity index (χ0n) is 17.7. The number of rotatable bonds is 4. The number of likely N-dealkylation sites (tertiary alicyclic amines) is 1. The van der Waals surface area contributed by atoms with Gasteiger partial charge in [-0.1, -0.05) is 19.1 Å². The summed E-state index contributed by atoms with van der Waals surface area (Å²) in [7, 11) is 0. The topological polar surface area (TPSA) is 53.1 Å². The second-order valence-corrected chi connectivity index (χ2v) is 8.66. The van der Waals surface area contributed by atoms with Crippen molar-refractivity contribution in [3.8, 4) is 0 Å². The highest BCUT2D eigenvalue weighted by Gasteiger charge is 2.38. The van der Waals surface area contributed by atoms with E-state index in [1.165, 1.54) is 5.56 Å². The number of hydrogen-bond donors (Lipinski definition) is 0. The lowest BCUT2D eigenvalue weighted by Gasteiger charge is -2.42. The molecular formula is C23H33N3O3. The van der Waals surface area contributed by atoms with Gasteiger partial charge < -0.3 is 14.5 Å². The van der Waals surface area contributed by atoms with Gasteiger partial charge in [0.2, 0.25) is 11.8 Å². The van der Waals surface area contributed by atoms with Crippen LogP contribution in [0, 0.1) is 5.92 Å². The lowest BCUT2D eigenvalue weighted by molar-refractivity contribution is -0.137. The lowest BCUT2D eigenvalue weighted by Crippen LogP contribution is -2.52. The largest absolute Gasteiger partial charge is 0.376 e. The minimum Gasteiger partial charge on any atom is -0.376 e. The molecule has 158 valence electrons. The van der Waals surface area contributed by atoms with Gasteiger partial charge in [0, 0.05) is 50.9 Å². The van der Waals surface area contributed by atoms with Crippen molar-refractivity contribution in [2.75, 3.05) is 44.2 Å². The molecule has 4 rings (SSSR count). The van der Waals surface area contributed by atoms with E-state index >= 15 is 0 Å². The second-order valence-electron chi connectivity index (χ2n) is 8.66. The molecule has 2 amide bonds. The molecule has 0 spiro atoms. The normalized spacial score (nSPS) is 26.9. The molecule has 3 aliphatic heterocycles. The van der Waals surface area contributed by atoms with Crippen LogP contribution >= 0.6 is 0 Å². The summed E-state index contributed by atoms with van der Waals surface area (Å²) < 4.78 is 5.65. The van der Waals surface area contributed by atoms with Crippen molar-refractivity contribution in [2.24, 2.45) is 5.92 Å². The smallest absolute Gasteiger partial charge is 0.228 e. The molecule has 2 unspecified atom stereocenters. The van der Waals surface area contributed by atoms with Crippen LogP contribution in [0.2, 0.25) is 0 Å². The highest BCUT2D eigenvalue weighted by atomic mass is 16.5. The maximum absolute atomic E-state index is 13.1. The third-order valence-electron chi connectivity index (χ3n) is 6.70. The molecule has 0 saturated carbocycles. The number of morpholine rings is 1. The third kappa shape index (κ3) is 4.48. The molecule has 6 heteroatoms. The van der Waals surface area contributed by atoms with E-state index in [9.17, 15) is 9.59 Å². The number of piperidine rings is 1. The molecule has 0 aliphatic carbocycles. The van der Waals surface area contributed by atoms with Crippen molar-refractivity contribution in [1.29, 1.82) is 0 Å². The lowest BCUT2D eigenvalue weighted by atomic mass is 9.99. The molecule has 0 radical (unpaired) electrons. The number of hydrogen-bond acceptors (Lipinski definition) is 4. The van der Waals surface area contributed by atoms with Crippen LogP contribution in [0.3, 0.4) is 0 Å². The molecule has 6 nitrogen and oxygen atoms in total. The molecule has 29 heavy (non-hydrogen) atoms. The summed E-state index contributed by atoms with van der Waals surface area (Å²) in [4.78, 5) is 31.9. The zero-order chi connectivity index (χ0) is 20.4. The van der Waals surface area contributed by atoms with Crippen molar-refractivity contribution in [1.82, 2.24) is 9.80 Å². The van der Waals surface area contributed by atoms with Gasteiger partial charge in [-0.3, -0.25) is 14.5 Å². The maximum Gasteiger partial charge on any atom is 0.228 e. The van der Waals surface area contributed by atoms with E-state index in [1.807, 2.05) is 17.0 Å². The van der Waals surface area contributed by atoms with Crippen molar-refractivity contribution >= 4 is 17.5 Å². The number of ether oxygens (including phenoxy) is 1. The Bertz CT molecular complexity index is 727. The van der Waals surface area contributed by atoms with E-state index in [0.29, 0.717) is 25.1 Å². The Balaban J connectivity index is 1.31. The van der Waals surface area contributed by atoms with Crippen LogP contribution in [0.15, 0.2) is 24.3 Å². The molecule has 0 aromatic heterocycles. The molecule has 1 aromatic rings. The Labute approximate surface area is 173 Å². The van der Waals surface area contributed by atoms with Gasteiger partial charge in [-0.15, -0.1) is 0 Å². The number of carbonyl (C=O) groups excluding carboxylic acids is 2. The van der Waals surface area contributed by atoms with Gasteiger partial charge in [0.1, 0.15) is 0 Å². The predicted molar refractivity (Wildman–Crippen MR) is 113 cm³/mol. The minimum atomic E-state index is -0.215. The predicted octanol–water partition coefficient (Wildman–Crippen LogP) is 2.31. The zero-order valence-corrected chi connectivity index (χ0v) is 17.7. The number of benzene rings is 1. The Morgan fingerprint density at radius 3 is 2.48 bits per heavy atom. The summed E-state index contributed by atoms with van der Waals surface area (Å²) in [5.74, 6) is -0.00192. The SMILES string of the molecule is CCc1ccc(N2CC(C(=O)N3CCC(N4CCOC(C)C4)CC3)CC2=O)cc1. The van der Waals surface area contributed by atoms with Gasteiger partial charge in [-0.2, -0.15) is 0 Å². The summed E-state index contributed by atoms with van der Waals surface area (Å²) in [6, 6.07) is 8.67. The van der Waals surface area contributed by atoms with Crippen LogP contribution in [0.4, 0.5) is 5.69 Å². The molecule has 2 atom stereocenters. The molecule has 3 heterocycles. The van der Waals surface area contributed by atoms with Crippen molar-refractivity contribution < 1.29 is 14.3 Å². The van der Waals surface area contributed by atoms with E-state index in [2.05, 4.69) is 30.9 Å². The Morgan fingerprint density at radius 2 is 1.83 bits per heavy atom. The maximum atomic E-state index is 13.1. The van der Waals surface area contributed by atoms with Crippen molar-refractivity contribution in [2.45, 2.75) is 51.7 Å². The van der Waals surface area contributed by atoms with Gasteiger partial charge in [0.05, 0.1) is 18.6 Å². The Morgan fingerprint density at radius 1 is 1.10 bits per heavy atom. The fourth-order valence-corrected chi connectivity index (χ4v) is 4.92. The van der Waals surface area contributed by atoms with E-state index < -0.39 is 0 Å². The first kappa shape index (κ1) is 20.4. The molecule has 0 bridgehead atoms. The number of carbonyl (C=O) groups is 2. The van der Waals surface area contributed by atoms with Gasteiger partial charge in [-0.25, -0.2) is 0 Å². The Kier molecular flexibility index (Phi) is 6.20. The highest BCUT2D eigenvalue weighted by Crippen LogP contribution is 2.28. The molecular weight excluding hydrogens is 366 g/mol. The Hall–Kier alpha value is -1.92. The van der Waals surface area contributed by atoms with Gasteiger partial charge in [-0.05, 0) is 43.9 Å². The number of nitrogens with zero attached hydrogens (tertiary/aromatic N) is 3. The van der Waals surface area contributed by atoms with E-state index in [4.69, 9.17) is 4.74 Å². The molecule has 3 fully saturated rings. The second kappa shape index (κ2) is 8.84. The third-order valence-corrected chi connectivity index (χ3v) is 6.70. The van der Waals surface area contributed by atoms with Crippen LogP contribution < -0.4 is 4.90 Å².